The van der Waals surface area contributed by atoms with Crippen LogP contribution in [0.3, 0.4) is 0 Å². The molecule has 1 N–H and O–H groups in total. The van der Waals surface area contributed by atoms with Gasteiger partial charge in [-0.1, -0.05) is 6.92 Å². The molecule has 0 aliphatic rings. The molecule has 1 aromatic heterocycles. The van der Waals surface area contributed by atoms with Gasteiger partial charge in [-0.05, 0) is 38.1 Å². The Morgan fingerprint density at radius 2 is 2.30 bits per heavy atom. The van der Waals surface area contributed by atoms with Gasteiger partial charge in [0.2, 0.25) is 0 Å². The fraction of sp³-hybridized carbons (Fsp3) is 0.400. The SMILES string of the molecule is CCCNC(C)c1cc(F)ccc1OCc1cncs1. The second-order valence-electron chi connectivity index (χ2n) is 4.61. The number of benzene rings is 1. The van der Waals surface area contributed by atoms with Crippen LogP contribution in [-0.4, -0.2) is 11.5 Å². The van der Waals surface area contributed by atoms with E-state index < -0.39 is 0 Å². The summed E-state index contributed by atoms with van der Waals surface area (Å²) in [5, 5.41) is 3.35. The van der Waals surface area contributed by atoms with E-state index >= 15 is 0 Å². The highest BCUT2D eigenvalue weighted by Gasteiger charge is 2.12. The van der Waals surface area contributed by atoms with Crippen LogP contribution in [0.25, 0.3) is 0 Å². The van der Waals surface area contributed by atoms with Crippen molar-refractivity contribution in [1.29, 1.82) is 0 Å². The molecule has 20 heavy (non-hydrogen) atoms. The lowest BCUT2D eigenvalue weighted by Crippen LogP contribution is -2.20. The van der Waals surface area contributed by atoms with Gasteiger partial charge in [-0.2, -0.15) is 0 Å². The summed E-state index contributed by atoms with van der Waals surface area (Å²) in [6.45, 7) is 5.48. The van der Waals surface area contributed by atoms with Gasteiger partial charge in [0.15, 0.2) is 0 Å². The van der Waals surface area contributed by atoms with E-state index in [0.29, 0.717) is 6.61 Å². The van der Waals surface area contributed by atoms with E-state index in [4.69, 9.17) is 4.74 Å². The van der Waals surface area contributed by atoms with Gasteiger partial charge in [0, 0.05) is 17.8 Å². The van der Waals surface area contributed by atoms with Crippen molar-refractivity contribution in [2.45, 2.75) is 32.9 Å². The highest BCUT2D eigenvalue weighted by Crippen LogP contribution is 2.27. The zero-order valence-corrected chi connectivity index (χ0v) is 12.5. The van der Waals surface area contributed by atoms with Crippen molar-refractivity contribution in [3.63, 3.8) is 0 Å². The maximum Gasteiger partial charge on any atom is 0.124 e. The quantitative estimate of drug-likeness (QED) is 0.840. The van der Waals surface area contributed by atoms with Gasteiger partial charge in [-0.25, -0.2) is 4.39 Å². The molecule has 0 amide bonds. The number of thiazole rings is 1. The molecule has 1 unspecified atom stereocenters. The summed E-state index contributed by atoms with van der Waals surface area (Å²) in [6.07, 6.45) is 2.82. The number of halogens is 1. The minimum atomic E-state index is -0.240. The first-order valence-electron chi connectivity index (χ1n) is 6.73. The lowest BCUT2D eigenvalue weighted by Gasteiger charge is -2.18. The summed E-state index contributed by atoms with van der Waals surface area (Å²) in [5.41, 5.74) is 2.62. The molecule has 1 heterocycles. The van der Waals surface area contributed by atoms with Crippen molar-refractivity contribution in [3.05, 3.63) is 46.2 Å². The van der Waals surface area contributed by atoms with Crippen LogP contribution in [0.15, 0.2) is 29.9 Å². The fourth-order valence-electron chi connectivity index (χ4n) is 1.92. The molecule has 0 spiro atoms. The van der Waals surface area contributed by atoms with Crippen LogP contribution in [-0.2, 0) is 6.61 Å². The maximum absolute atomic E-state index is 13.5. The number of nitrogens with zero attached hydrogens (tertiary/aromatic N) is 1. The van der Waals surface area contributed by atoms with Gasteiger partial charge in [0.25, 0.3) is 0 Å². The molecule has 0 saturated heterocycles. The van der Waals surface area contributed by atoms with Gasteiger partial charge in [0.1, 0.15) is 18.2 Å². The first-order valence-corrected chi connectivity index (χ1v) is 7.61. The molecular formula is C15H19FN2OS. The first-order chi connectivity index (χ1) is 9.70. The third-order valence-corrected chi connectivity index (χ3v) is 3.75. The Labute approximate surface area is 122 Å². The molecule has 108 valence electrons. The van der Waals surface area contributed by atoms with Gasteiger partial charge in [-0.3, -0.25) is 4.98 Å². The normalized spacial score (nSPS) is 12.3. The van der Waals surface area contributed by atoms with E-state index in [1.165, 1.54) is 12.1 Å². The number of nitrogens with one attached hydrogen (secondary N) is 1. The third-order valence-electron chi connectivity index (χ3n) is 2.99. The lowest BCUT2D eigenvalue weighted by molar-refractivity contribution is 0.302. The summed E-state index contributed by atoms with van der Waals surface area (Å²) in [4.78, 5) is 5.06. The second kappa shape index (κ2) is 7.36. The highest BCUT2D eigenvalue weighted by atomic mass is 32.1. The molecule has 1 aromatic carbocycles. The smallest absolute Gasteiger partial charge is 0.124 e. The number of ether oxygens (including phenoxy) is 1. The Kier molecular flexibility index (Phi) is 5.49. The monoisotopic (exact) mass is 294 g/mol. The molecule has 0 bridgehead atoms. The van der Waals surface area contributed by atoms with Gasteiger partial charge in [-0.15, -0.1) is 11.3 Å². The number of hydrogen-bond acceptors (Lipinski definition) is 4. The molecule has 2 aromatic rings. The van der Waals surface area contributed by atoms with Crippen LogP contribution in [0.4, 0.5) is 4.39 Å². The molecule has 2 rings (SSSR count). The summed E-state index contributed by atoms with van der Waals surface area (Å²) in [5.74, 6) is 0.478. The van der Waals surface area contributed by atoms with Gasteiger partial charge in [0.05, 0.1) is 10.4 Å². The van der Waals surface area contributed by atoms with Gasteiger partial charge >= 0.3 is 0 Å². The summed E-state index contributed by atoms with van der Waals surface area (Å²) in [6, 6.07) is 4.71. The standard InChI is InChI=1S/C15H19FN2OS/c1-3-6-18-11(2)14-7-12(16)4-5-15(14)19-9-13-8-17-10-20-13/h4-5,7-8,10-11,18H,3,6,9H2,1-2H3. The lowest BCUT2D eigenvalue weighted by atomic mass is 10.1. The largest absolute Gasteiger partial charge is 0.488 e. The van der Waals surface area contributed by atoms with E-state index in [2.05, 4.69) is 17.2 Å². The third kappa shape index (κ3) is 4.02. The Balaban J connectivity index is 2.10. The molecule has 1 atom stereocenters. The minimum absolute atomic E-state index is 0.0575. The second-order valence-corrected chi connectivity index (χ2v) is 5.59. The average Bonchev–Trinajstić information content (AvgIpc) is 2.96. The van der Waals surface area contributed by atoms with Crippen molar-refractivity contribution in [1.82, 2.24) is 10.3 Å². The van der Waals surface area contributed by atoms with Crippen LogP contribution in [0.1, 0.15) is 36.8 Å². The van der Waals surface area contributed by atoms with Crippen molar-refractivity contribution in [3.8, 4) is 5.75 Å². The van der Waals surface area contributed by atoms with Crippen molar-refractivity contribution in [2.75, 3.05) is 6.54 Å². The van der Waals surface area contributed by atoms with Crippen LogP contribution in [0.5, 0.6) is 5.75 Å². The number of aromatic nitrogens is 1. The summed E-state index contributed by atoms with van der Waals surface area (Å²) in [7, 11) is 0. The fourth-order valence-corrected chi connectivity index (χ4v) is 2.43. The Morgan fingerprint density at radius 3 is 3.00 bits per heavy atom. The molecular weight excluding hydrogens is 275 g/mol. The van der Waals surface area contributed by atoms with E-state index in [-0.39, 0.29) is 11.9 Å². The van der Waals surface area contributed by atoms with Crippen LogP contribution in [0.2, 0.25) is 0 Å². The zero-order valence-electron chi connectivity index (χ0n) is 11.7. The molecule has 0 saturated carbocycles. The molecule has 0 fully saturated rings. The van der Waals surface area contributed by atoms with Crippen LogP contribution in [0, 0.1) is 5.82 Å². The molecule has 3 nitrogen and oxygen atoms in total. The van der Waals surface area contributed by atoms with Crippen molar-refractivity contribution < 1.29 is 9.13 Å². The maximum atomic E-state index is 13.5. The topological polar surface area (TPSA) is 34.1 Å². The number of rotatable bonds is 7. The van der Waals surface area contributed by atoms with Gasteiger partial charge < -0.3 is 10.1 Å². The number of hydrogen-bond donors (Lipinski definition) is 1. The van der Waals surface area contributed by atoms with E-state index in [1.807, 2.05) is 6.92 Å². The van der Waals surface area contributed by atoms with E-state index in [9.17, 15) is 4.39 Å². The highest BCUT2D eigenvalue weighted by molar-refractivity contribution is 7.09. The van der Waals surface area contributed by atoms with Crippen molar-refractivity contribution in [2.24, 2.45) is 0 Å². The first kappa shape index (κ1) is 14.9. The van der Waals surface area contributed by atoms with Crippen LogP contribution >= 0.6 is 11.3 Å². The van der Waals surface area contributed by atoms with E-state index in [0.717, 1.165) is 29.2 Å². The Bertz CT molecular complexity index is 531. The predicted octanol–water partition coefficient (Wildman–Crippen LogP) is 3.92. The minimum Gasteiger partial charge on any atom is -0.488 e. The summed E-state index contributed by atoms with van der Waals surface area (Å²) < 4.78 is 19.3. The summed E-state index contributed by atoms with van der Waals surface area (Å²) >= 11 is 1.55. The molecule has 0 aliphatic carbocycles. The van der Waals surface area contributed by atoms with Crippen molar-refractivity contribution >= 4 is 11.3 Å². The predicted molar refractivity (Wildman–Crippen MR) is 79.6 cm³/mol. The van der Waals surface area contributed by atoms with E-state index in [1.54, 1.807) is 29.1 Å². The average molecular weight is 294 g/mol. The Hall–Kier alpha value is -1.46. The van der Waals surface area contributed by atoms with Crippen LogP contribution < -0.4 is 10.1 Å². The molecule has 0 aliphatic heterocycles. The molecule has 0 radical (unpaired) electrons. The Morgan fingerprint density at radius 1 is 1.45 bits per heavy atom. The molecule has 5 heteroatoms. The zero-order chi connectivity index (χ0) is 14.4.